The van der Waals surface area contributed by atoms with E-state index < -0.39 is 40.2 Å². The van der Waals surface area contributed by atoms with E-state index in [0.29, 0.717) is 6.42 Å². The molecular formula is C9H16F5NO2S. The van der Waals surface area contributed by atoms with Crippen LogP contribution in [0, 0.1) is 0 Å². The number of hydrogen-bond acceptors (Lipinski definition) is 3. The van der Waals surface area contributed by atoms with Gasteiger partial charge in [0.05, 0.1) is 11.8 Å². The van der Waals surface area contributed by atoms with Gasteiger partial charge in [0.15, 0.2) is 0 Å². The summed E-state index contributed by atoms with van der Waals surface area (Å²) in [7, 11) is -2.64. The van der Waals surface area contributed by atoms with Gasteiger partial charge in [-0.15, -0.1) is 0 Å². The molecule has 110 valence electrons. The molecule has 0 aromatic rings. The van der Waals surface area contributed by atoms with E-state index in [0.717, 1.165) is 7.05 Å². The Morgan fingerprint density at radius 1 is 1.11 bits per heavy atom. The van der Waals surface area contributed by atoms with Crippen LogP contribution in [0.15, 0.2) is 0 Å². The van der Waals surface area contributed by atoms with Crippen molar-refractivity contribution >= 4 is 9.84 Å². The fourth-order valence-corrected chi connectivity index (χ4v) is 2.84. The average Bonchev–Trinajstić information content (AvgIpc) is 2.15. The molecule has 18 heavy (non-hydrogen) atoms. The summed E-state index contributed by atoms with van der Waals surface area (Å²) in [6.45, 7) is 1.58. The molecule has 1 atom stereocenters. The topological polar surface area (TPSA) is 46.2 Å². The van der Waals surface area contributed by atoms with E-state index >= 15 is 0 Å². The summed E-state index contributed by atoms with van der Waals surface area (Å²) in [6.07, 6.45) is -6.19. The van der Waals surface area contributed by atoms with E-state index in [2.05, 4.69) is 0 Å². The highest BCUT2D eigenvalue weighted by molar-refractivity contribution is 7.91. The standard InChI is InChI=1S/C9H16F5NO2S/c1-3-5-18(16,17)6-4-7(15-2)8(10,11)9(12,13)14/h7,15H,3-6H2,1-2H3. The number of rotatable bonds is 7. The summed E-state index contributed by atoms with van der Waals surface area (Å²) in [5, 5.41) is 1.83. The Morgan fingerprint density at radius 2 is 1.61 bits per heavy atom. The molecule has 0 bridgehead atoms. The molecule has 0 fully saturated rings. The highest BCUT2D eigenvalue weighted by Crippen LogP contribution is 2.39. The fourth-order valence-electron chi connectivity index (χ4n) is 1.41. The number of hydrogen-bond donors (Lipinski definition) is 1. The summed E-state index contributed by atoms with van der Waals surface area (Å²) >= 11 is 0. The number of alkyl halides is 5. The molecule has 0 saturated heterocycles. The first-order chi connectivity index (χ1) is 7.98. The Hall–Kier alpha value is -0.440. The monoisotopic (exact) mass is 297 g/mol. The van der Waals surface area contributed by atoms with Crippen LogP contribution < -0.4 is 5.32 Å². The zero-order chi connectivity index (χ0) is 14.6. The molecule has 3 nitrogen and oxygen atoms in total. The van der Waals surface area contributed by atoms with Crippen LogP contribution in [-0.2, 0) is 9.84 Å². The zero-order valence-corrected chi connectivity index (χ0v) is 10.8. The molecule has 0 radical (unpaired) electrons. The van der Waals surface area contributed by atoms with Crippen molar-refractivity contribution < 1.29 is 30.4 Å². The number of sulfone groups is 1. The lowest BCUT2D eigenvalue weighted by molar-refractivity contribution is -0.292. The second kappa shape index (κ2) is 6.14. The molecule has 0 aliphatic heterocycles. The summed E-state index contributed by atoms with van der Waals surface area (Å²) < 4.78 is 84.8. The molecule has 0 rings (SSSR count). The lowest BCUT2D eigenvalue weighted by atomic mass is 10.1. The molecule has 9 heteroatoms. The summed E-state index contributed by atoms with van der Waals surface area (Å²) in [4.78, 5) is 0. The van der Waals surface area contributed by atoms with Gasteiger partial charge < -0.3 is 5.32 Å². The Kier molecular flexibility index (Phi) is 5.99. The third-order valence-electron chi connectivity index (χ3n) is 2.40. The third kappa shape index (κ3) is 4.68. The van der Waals surface area contributed by atoms with Gasteiger partial charge in [0.25, 0.3) is 0 Å². The van der Waals surface area contributed by atoms with Crippen LogP contribution in [0.5, 0.6) is 0 Å². The maximum absolute atomic E-state index is 13.0. The minimum atomic E-state index is -5.70. The van der Waals surface area contributed by atoms with Gasteiger partial charge in [-0.25, -0.2) is 8.42 Å². The minimum Gasteiger partial charge on any atom is -0.311 e. The van der Waals surface area contributed by atoms with Gasteiger partial charge in [0.2, 0.25) is 0 Å². The average molecular weight is 297 g/mol. The van der Waals surface area contributed by atoms with Crippen LogP contribution in [0.4, 0.5) is 22.0 Å². The Morgan fingerprint density at radius 3 is 1.94 bits per heavy atom. The van der Waals surface area contributed by atoms with Crippen molar-refractivity contribution in [1.82, 2.24) is 5.32 Å². The zero-order valence-electron chi connectivity index (χ0n) is 10.0. The van der Waals surface area contributed by atoms with Crippen molar-refractivity contribution in [3.05, 3.63) is 0 Å². The second-order valence-electron chi connectivity index (χ2n) is 3.90. The van der Waals surface area contributed by atoms with Crippen LogP contribution in [0.25, 0.3) is 0 Å². The smallest absolute Gasteiger partial charge is 0.311 e. The van der Waals surface area contributed by atoms with Crippen molar-refractivity contribution in [1.29, 1.82) is 0 Å². The van der Waals surface area contributed by atoms with Crippen molar-refractivity contribution in [3.8, 4) is 0 Å². The molecule has 0 aromatic carbocycles. The highest BCUT2D eigenvalue weighted by atomic mass is 32.2. The molecule has 0 aliphatic carbocycles. The highest BCUT2D eigenvalue weighted by Gasteiger charge is 2.61. The summed E-state index contributed by atoms with van der Waals surface area (Å²) in [6, 6.07) is -2.25. The second-order valence-corrected chi connectivity index (χ2v) is 6.21. The minimum absolute atomic E-state index is 0.221. The van der Waals surface area contributed by atoms with E-state index in [1.165, 1.54) is 0 Å². The van der Waals surface area contributed by atoms with Gasteiger partial charge in [-0.1, -0.05) is 6.92 Å². The predicted octanol–water partition coefficient (Wildman–Crippen LogP) is 1.99. The Labute approximate surface area is 103 Å². The van der Waals surface area contributed by atoms with Crippen molar-refractivity contribution in [2.24, 2.45) is 0 Å². The molecule has 0 spiro atoms. The van der Waals surface area contributed by atoms with Gasteiger partial charge in [-0.05, 0) is 19.9 Å². The van der Waals surface area contributed by atoms with Crippen molar-refractivity contribution in [3.63, 3.8) is 0 Å². The van der Waals surface area contributed by atoms with Gasteiger partial charge in [-0.3, -0.25) is 0 Å². The molecule has 1 unspecified atom stereocenters. The first-order valence-electron chi connectivity index (χ1n) is 5.30. The van der Waals surface area contributed by atoms with Gasteiger partial charge in [0.1, 0.15) is 9.84 Å². The molecule has 0 saturated carbocycles. The van der Waals surface area contributed by atoms with Crippen LogP contribution >= 0.6 is 0 Å². The van der Waals surface area contributed by atoms with Gasteiger partial charge in [0, 0.05) is 5.75 Å². The molecule has 0 aromatic heterocycles. The van der Waals surface area contributed by atoms with Crippen LogP contribution in [0.2, 0.25) is 0 Å². The van der Waals surface area contributed by atoms with Crippen LogP contribution in [0.3, 0.4) is 0 Å². The lowest BCUT2D eigenvalue weighted by Gasteiger charge is -2.28. The molecule has 1 N–H and O–H groups in total. The van der Waals surface area contributed by atoms with Crippen LogP contribution in [0.1, 0.15) is 19.8 Å². The van der Waals surface area contributed by atoms with E-state index in [1.807, 2.05) is 5.32 Å². The normalized spacial score (nSPS) is 15.7. The van der Waals surface area contributed by atoms with E-state index in [1.54, 1.807) is 6.92 Å². The fraction of sp³-hybridized carbons (Fsp3) is 1.00. The largest absolute Gasteiger partial charge is 0.454 e. The van der Waals surface area contributed by atoms with Gasteiger partial charge in [-0.2, -0.15) is 22.0 Å². The molecule has 0 heterocycles. The van der Waals surface area contributed by atoms with E-state index in [4.69, 9.17) is 0 Å². The third-order valence-corrected chi connectivity index (χ3v) is 4.28. The van der Waals surface area contributed by atoms with Crippen molar-refractivity contribution in [2.75, 3.05) is 18.6 Å². The lowest BCUT2D eigenvalue weighted by Crippen LogP contribution is -2.53. The number of halogens is 5. The summed E-state index contributed by atoms with van der Waals surface area (Å²) in [5.74, 6) is -5.87. The van der Waals surface area contributed by atoms with Crippen molar-refractivity contribution in [2.45, 2.75) is 37.9 Å². The SMILES string of the molecule is CCCS(=O)(=O)CCC(NC)C(F)(F)C(F)(F)F. The van der Waals surface area contributed by atoms with E-state index in [-0.39, 0.29) is 5.75 Å². The molecule has 0 amide bonds. The molecule has 0 aliphatic rings. The quantitative estimate of drug-likeness (QED) is 0.731. The Balaban J connectivity index is 4.74. The van der Waals surface area contributed by atoms with E-state index in [9.17, 15) is 30.4 Å². The number of nitrogens with one attached hydrogen (secondary N) is 1. The predicted molar refractivity (Wildman–Crippen MR) is 57.4 cm³/mol. The summed E-state index contributed by atoms with van der Waals surface area (Å²) in [5.41, 5.74) is 0. The first-order valence-corrected chi connectivity index (χ1v) is 7.12. The maximum atomic E-state index is 13.0. The first kappa shape index (κ1) is 17.6. The molecular weight excluding hydrogens is 281 g/mol. The van der Waals surface area contributed by atoms with Crippen LogP contribution in [-0.4, -0.2) is 45.1 Å². The maximum Gasteiger partial charge on any atom is 0.454 e. The van der Waals surface area contributed by atoms with Gasteiger partial charge >= 0.3 is 12.1 Å². The Bertz CT molecular complexity index is 352.